The van der Waals surface area contributed by atoms with Crippen molar-refractivity contribution < 1.29 is 19.1 Å². The van der Waals surface area contributed by atoms with Crippen molar-refractivity contribution in [2.75, 3.05) is 18.6 Å². The normalized spacial score (nSPS) is 11.2. The van der Waals surface area contributed by atoms with Gasteiger partial charge >= 0.3 is 6.03 Å². The number of nitrogens with one attached hydrogen (secondary N) is 3. The zero-order valence-corrected chi connectivity index (χ0v) is 16.8. The number of hydrogen-bond donors (Lipinski definition) is 4. The van der Waals surface area contributed by atoms with Crippen LogP contribution in [0.5, 0.6) is 5.75 Å². The number of hydrogen-bond acceptors (Lipinski definition) is 5. The van der Waals surface area contributed by atoms with Crippen LogP contribution in [0.15, 0.2) is 54.6 Å². The lowest BCUT2D eigenvalue weighted by atomic mass is 10.1. The molecule has 0 aliphatic rings. The highest BCUT2D eigenvalue weighted by molar-refractivity contribution is 7.98. The molecule has 0 aliphatic carbocycles. The number of nitrogens with two attached hydrogens (primary N) is 1. The Morgan fingerprint density at radius 3 is 2.41 bits per heavy atom. The van der Waals surface area contributed by atoms with E-state index in [4.69, 9.17) is 10.5 Å². The fourth-order valence-electron chi connectivity index (χ4n) is 2.52. The zero-order chi connectivity index (χ0) is 21.1. The van der Waals surface area contributed by atoms with Crippen LogP contribution in [0.1, 0.15) is 6.42 Å². The van der Waals surface area contributed by atoms with E-state index in [-0.39, 0.29) is 6.61 Å². The fourth-order valence-corrected chi connectivity index (χ4v) is 2.99. The first kappa shape index (κ1) is 22.1. The summed E-state index contributed by atoms with van der Waals surface area (Å²) in [6.07, 6.45) is 2.26. The quantitative estimate of drug-likeness (QED) is 0.463. The van der Waals surface area contributed by atoms with E-state index in [9.17, 15) is 14.4 Å². The van der Waals surface area contributed by atoms with Crippen molar-refractivity contribution in [1.29, 1.82) is 0 Å². The predicted octanol–water partition coefficient (Wildman–Crippen LogP) is 1.67. The highest BCUT2D eigenvalue weighted by Gasteiger charge is 2.20. The number of amides is 4. The van der Waals surface area contributed by atoms with E-state index in [1.807, 2.05) is 54.8 Å². The number of ether oxygens (including phenoxy) is 1. The number of para-hydroxylation sites is 1. The molecule has 2 rings (SSSR count). The van der Waals surface area contributed by atoms with Gasteiger partial charge in [-0.05, 0) is 30.1 Å². The van der Waals surface area contributed by atoms with Crippen LogP contribution in [0.4, 0.5) is 4.79 Å². The van der Waals surface area contributed by atoms with Gasteiger partial charge in [-0.15, -0.1) is 0 Å². The Morgan fingerprint density at radius 2 is 1.72 bits per heavy atom. The third-order valence-corrected chi connectivity index (χ3v) is 4.54. The molecule has 1 atom stereocenters. The van der Waals surface area contributed by atoms with Crippen LogP contribution in [-0.4, -0.2) is 42.5 Å². The SMILES string of the molecule is CSCC[C@H](NC(N)=O)C(=O)NNC(=O)COc1ccccc1-c1ccccc1. The molecule has 5 N–H and O–H groups in total. The van der Waals surface area contributed by atoms with E-state index in [0.717, 1.165) is 11.1 Å². The van der Waals surface area contributed by atoms with E-state index in [1.54, 1.807) is 6.07 Å². The summed E-state index contributed by atoms with van der Waals surface area (Å²) in [5.74, 6) is 0.0966. The van der Waals surface area contributed by atoms with E-state index in [0.29, 0.717) is 17.9 Å². The lowest BCUT2D eigenvalue weighted by Crippen LogP contribution is -2.54. The minimum atomic E-state index is -0.833. The standard InChI is InChI=1S/C20H24N4O4S/c1-29-12-11-16(22-20(21)27)19(26)24-23-18(25)13-28-17-10-6-5-9-15(17)14-7-3-2-4-8-14/h2-10,16H,11-13H2,1H3,(H,23,25)(H,24,26)(H3,21,22,27)/t16-/m0/s1. The molecule has 2 aromatic carbocycles. The number of rotatable bonds is 9. The van der Waals surface area contributed by atoms with Gasteiger partial charge in [0.2, 0.25) is 0 Å². The minimum Gasteiger partial charge on any atom is -0.483 e. The topological polar surface area (TPSA) is 123 Å². The first-order valence-electron chi connectivity index (χ1n) is 8.92. The Kier molecular flexibility index (Phi) is 8.84. The Morgan fingerprint density at radius 1 is 1.03 bits per heavy atom. The monoisotopic (exact) mass is 416 g/mol. The molecule has 0 spiro atoms. The van der Waals surface area contributed by atoms with Crippen LogP contribution in [0, 0.1) is 0 Å². The van der Waals surface area contributed by atoms with Crippen LogP contribution in [-0.2, 0) is 9.59 Å². The maximum atomic E-state index is 12.2. The first-order valence-corrected chi connectivity index (χ1v) is 10.3. The number of hydrazine groups is 1. The van der Waals surface area contributed by atoms with Gasteiger partial charge in [0.15, 0.2) is 6.61 Å². The molecule has 154 valence electrons. The molecule has 4 amide bonds. The van der Waals surface area contributed by atoms with E-state index >= 15 is 0 Å². The van der Waals surface area contributed by atoms with Gasteiger partial charge in [0.25, 0.3) is 11.8 Å². The van der Waals surface area contributed by atoms with Crippen molar-refractivity contribution in [2.45, 2.75) is 12.5 Å². The zero-order valence-electron chi connectivity index (χ0n) is 16.0. The van der Waals surface area contributed by atoms with Crippen molar-refractivity contribution in [3.8, 4) is 16.9 Å². The van der Waals surface area contributed by atoms with Gasteiger partial charge in [0.05, 0.1) is 0 Å². The Bertz CT molecular complexity index is 832. The lowest BCUT2D eigenvalue weighted by molar-refractivity contribution is -0.130. The molecule has 0 heterocycles. The Labute approximate surface area is 173 Å². The molecule has 8 nitrogen and oxygen atoms in total. The van der Waals surface area contributed by atoms with Crippen molar-refractivity contribution in [3.63, 3.8) is 0 Å². The van der Waals surface area contributed by atoms with Crippen molar-refractivity contribution in [1.82, 2.24) is 16.2 Å². The van der Waals surface area contributed by atoms with E-state index in [1.165, 1.54) is 11.8 Å². The summed E-state index contributed by atoms with van der Waals surface area (Å²) < 4.78 is 5.62. The summed E-state index contributed by atoms with van der Waals surface area (Å²) in [4.78, 5) is 35.3. The van der Waals surface area contributed by atoms with Crippen LogP contribution in [0.2, 0.25) is 0 Å². The lowest BCUT2D eigenvalue weighted by Gasteiger charge is -2.17. The second kappa shape index (κ2) is 11.6. The van der Waals surface area contributed by atoms with Crippen molar-refractivity contribution in [3.05, 3.63) is 54.6 Å². The average molecular weight is 417 g/mol. The summed E-state index contributed by atoms with van der Waals surface area (Å²) in [6.45, 7) is -0.289. The number of urea groups is 1. The van der Waals surface area contributed by atoms with E-state index in [2.05, 4.69) is 16.2 Å². The summed E-state index contributed by atoms with van der Waals surface area (Å²) >= 11 is 1.52. The summed E-state index contributed by atoms with van der Waals surface area (Å²) in [6, 6.07) is 15.4. The first-order chi connectivity index (χ1) is 14.0. The number of carbonyl (C=O) groups is 3. The van der Waals surface area contributed by atoms with Crippen molar-refractivity contribution >= 4 is 29.6 Å². The third-order valence-electron chi connectivity index (χ3n) is 3.90. The highest BCUT2D eigenvalue weighted by Crippen LogP contribution is 2.29. The molecule has 0 fully saturated rings. The summed E-state index contributed by atoms with van der Waals surface area (Å²) in [5, 5.41) is 2.35. The molecule has 2 aromatic rings. The highest BCUT2D eigenvalue weighted by atomic mass is 32.2. The maximum absolute atomic E-state index is 12.2. The van der Waals surface area contributed by atoms with Crippen molar-refractivity contribution in [2.24, 2.45) is 5.73 Å². The molecule has 0 saturated carbocycles. The summed E-state index contributed by atoms with van der Waals surface area (Å²) in [5.41, 5.74) is 11.5. The molecule has 9 heteroatoms. The molecular formula is C20H24N4O4S. The van der Waals surface area contributed by atoms with Crippen LogP contribution < -0.4 is 26.6 Å². The molecular weight excluding hydrogens is 392 g/mol. The van der Waals surface area contributed by atoms with Gasteiger partial charge in [-0.3, -0.25) is 20.4 Å². The minimum absolute atomic E-state index is 0.289. The van der Waals surface area contributed by atoms with Gasteiger partial charge in [-0.2, -0.15) is 11.8 Å². The third kappa shape index (κ3) is 7.38. The Hall–Kier alpha value is -3.20. The second-order valence-corrected chi connectivity index (χ2v) is 7.02. The van der Waals surface area contributed by atoms with Gasteiger partial charge in [0, 0.05) is 5.56 Å². The molecule has 0 aromatic heterocycles. The van der Waals surface area contributed by atoms with Crippen LogP contribution >= 0.6 is 11.8 Å². The number of carbonyl (C=O) groups excluding carboxylic acids is 3. The fraction of sp³-hybridized carbons (Fsp3) is 0.250. The van der Waals surface area contributed by atoms with E-state index < -0.39 is 23.9 Å². The maximum Gasteiger partial charge on any atom is 0.312 e. The number of primary amides is 1. The molecule has 0 unspecified atom stereocenters. The van der Waals surface area contributed by atoms with Gasteiger partial charge in [-0.1, -0.05) is 48.5 Å². The van der Waals surface area contributed by atoms with Gasteiger partial charge in [0.1, 0.15) is 11.8 Å². The van der Waals surface area contributed by atoms with Crippen LogP contribution in [0.3, 0.4) is 0 Å². The largest absolute Gasteiger partial charge is 0.483 e. The smallest absolute Gasteiger partial charge is 0.312 e. The molecule has 0 radical (unpaired) electrons. The molecule has 29 heavy (non-hydrogen) atoms. The Balaban J connectivity index is 1.89. The van der Waals surface area contributed by atoms with Gasteiger partial charge < -0.3 is 15.8 Å². The molecule has 0 saturated heterocycles. The molecule has 0 bridgehead atoms. The average Bonchev–Trinajstić information content (AvgIpc) is 2.74. The predicted molar refractivity (Wildman–Crippen MR) is 113 cm³/mol. The molecule has 0 aliphatic heterocycles. The van der Waals surface area contributed by atoms with Crippen LogP contribution in [0.25, 0.3) is 11.1 Å². The van der Waals surface area contributed by atoms with Gasteiger partial charge in [-0.25, -0.2) is 4.79 Å². The number of benzene rings is 2. The number of thioether (sulfide) groups is 1. The second-order valence-electron chi connectivity index (χ2n) is 6.03. The summed E-state index contributed by atoms with van der Waals surface area (Å²) in [7, 11) is 0.